The fourth-order valence-corrected chi connectivity index (χ4v) is 1.48. The summed E-state index contributed by atoms with van der Waals surface area (Å²) in [5.41, 5.74) is 0.765. The molecule has 0 aromatic heterocycles. The van der Waals surface area contributed by atoms with Crippen LogP contribution in [0.2, 0.25) is 0 Å². The van der Waals surface area contributed by atoms with E-state index in [1.54, 1.807) is 24.3 Å². The van der Waals surface area contributed by atoms with Crippen molar-refractivity contribution in [3.8, 4) is 11.5 Å². The van der Waals surface area contributed by atoms with Gasteiger partial charge in [-0.2, -0.15) is 0 Å². The van der Waals surface area contributed by atoms with E-state index in [-0.39, 0.29) is 12.3 Å². The molecule has 0 saturated heterocycles. The lowest BCUT2D eigenvalue weighted by Gasteiger charge is -2.06. The minimum Gasteiger partial charge on any atom is -0.457 e. The summed E-state index contributed by atoms with van der Waals surface area (Å²) in [4.78, 5) is 10.0. The van der Waals surface area contributed by atoms with Crippen LogP contribution in [0.15, 0.2) is 48.5 Å². The molecule has 92 valence electrons. The molecule has 2 aromatic carbocycles. The van der Waals surface area contributed by atoms with Gasteiger partial charge in [-0.1, -0.05) is 12.1 Å². The van der Waals surface area contributed by atoms with Crippen molar-refractivity contribution in [1.82, 2.24) is 0 Å². The number of hydrogen-bond donors (Lipinski definition) is 1. The third-order valence-electron chi connectivity index (χ3n) is 2.36. The first-order chi connectivity index (χ1) is 8.69. The Morgan fingerprint density at radius 2 is 1.83 bits per heavy atom. The van der Waals surface area contributed by atoms with Crippen molar-refractivity contribution in [2.75, 3.05) is 0 Å². The maximum absolute atomic E-state index is 10.5. The number of nitrogens with zero attached hydrogens (tertiary/aromatic N) is 1. The SMILES string of the molecule is O=[N+]([O-])c1ccc(Oc2cccc(CO)c2)cc1. The van der Waals surface area contributed by atoms with Crippen molar-refractivity contribution in [3.05, 3.63) is 64.2 Å². The van der Waals surface area contributed by atoms with Gasteiger partial charge in [-0.3, -0.25) is 10.1 Å². The zero-order valence-corrected chi connectivity index (χ0v) is 9.45. The molecule has 0 radical (unpaired) electrons. The van der Waals surface area contributed by atoms with Crippen LogP contribution in [-0.2, 0) is 6.61 Å². The van der Waals surface area contributed by atoms with Crippen molar-refractivity contribution in [3.63, 3.8) is 0 Å². The summed E-state index contributed by atoms with van der Waals surface area (Å²) in [6.07, 6.45) is 0. The number of aliphatic hydroxyl groups excluding tert-OH is 1. The van der Waals surface area contributed by atoms with Crippen LogP contribution in [0, 0.1) is 10.1 Å². The molecular formula is C13H11NO4. The zero-order valence-electron chi connectivity index (χ0n) is 9.45. The largest absolute Gasteiger partial charge is 0.457 e. The van der Waals surface area contributed by atoms with Crippen molar-refractivity contribution in [2.24, 2.45) is 0 Å². The summed E-state index contributed by atoms with van der Waals surface area (Å²) in [6.45, 7) is -0.0581. The van der Waals surface area contributed by atoms with Crippen LogP contribution >= 0.6 is 0 Å². The number of ether oxygens (including phenoxy) is 1. The number of hydrogen-bond acceptors (Lipinski definition) is 4. The summed E-state index contributed by atoms with van der Waals surface area (Å²) in [7, 11) is 0. The van der Waals surface area contributed by atoms with Gasteiger partial charge in [0.05, 0.1) is 11.5 Å². The van der Waals surface area contributed by atoms with Gasteiger partial charge in [0.25, 0.3) is 5.69 Å². The Balaban J connectivity index is 2.15. The molecule has 0 atom stereocenters. The number of benzene rings is 2. The Kier molecular flexibility index (Phi) is 3.54. The summed E-state index contributed by atoms with van der Waals surface area (Å²) in [5.74, 6) is 1.09. The molecule has 5 heteroatoms. The Morgan fingerprint density at radius 1 is 1.11 bits per heavy atom. The molecule has 5 nitrogen and oxygen atoms in total. The van der Waals surface area contributed by atoms with E-state index in [0.717, 1.165) is 5.56 Å². The standard InChI is InChI=1S/C13H11NO4/c15-9-10-2-1-3-13(8-10)18-12-6-4-11(5-7-12)14(16)17/h1-8,15H,9H2. The van der Waals surface area contributed by atoms with E-state index >= 15 is 0 Å². The normalized spacial score (nSPS) is 10.1. The van der Waals surface area contributed by atoms with Crippen LogP contribution in [0.4, 0.5) is 5.69 Å². The van der Waals surface area contributed by atoms with E-state index in [1.165, 1.54) is 24.3 Å². The number of nitro groups is 1. The van der Waals surface area contributed by atoms with E-state index in [1.807, 2.05) is 0 Å². The highest BCUT2D eigenvalue weighted by Crippen LogP contribution is 2.24. The maximum Gasteiger partial charge on any atom is 0.269 e. The average Bonchev–Trinajstić information content (AvgIpc) is 2.39. The van der Waals surface area contributed by atoms with Crippen LogP contribution < -0.4 is 4.74 Å². The van der Waals surface area contributed by atoms with Crippen molar-refractivity contribution in [1.29, 1.82) is 0 Å². The second kappa shape index (κ2) is 5.29. The van der Waals surface area contributed by atoms with Crippen LogP contribution in [0.1, 0.15) is 5.56 Å². The number of aliphatic hydroxyl groups is 1. The number of non-ortho nitro benzene ring substituents is 1. The van der Waals surface area contributed by atoms with Gasteiger partial charge in [-0.15, -0.1) is 0 Å². The second-order valence-corrected chi connectivity index (χ2v) is 3.66. The third-order valence-corrected chi connectivity index (χ3v) is 2.36. The fraction of sp³-hybridized carbons (Fsp3) is 0.0769. The first-order valence-corrected chi connectivity index (χ1v) is 5.31. The molecule has 0 bridgehead atoms. The van der Waals surface area contributed by atoms with Gasteiger partial charge in [0.1, 0.15) is 11.5 Å². The maximum atomic E-state index is 10.5. The molecule has 0 heterocycles. The lowest BCUT2D eigenvalue weighted by atomic mass is 10.2. The minimum atomic E-state index is -0.462. The lowest BCUT2D eigenvalue weighted by molar-refractivity contribution is -0.384. The summed E-state index contributed by atoms with van der Waals surface area (Å²) in [5, 5.41) is 19.5. The van der Waals surface area contributed by atoms with Gasteiger partial charge < -0.3 is 9.84 Å². The predicted molar refractivity (Wildman–Crippen MR) is 65.5 cm³/mol. The molecule has 0 aliphatic heterocycles. The molecule has 0 aliphatic rings. The monoisotopic (exact) mass is 245 g/mol. The highest BCUT2D eigenvalue weighted by atomic mass is 16.6. The summed E-state index contributed by atoms with van der Waals surface area (Å²) in [6, 6.07) is 12.8. The topological polar surface area (TPSA) is 72.6 Å². The van der Waals surface area contributed by atoms with Crippen molar-refractivity contribution >= 4 is 5.69 Å². The molecule has 0 aliphatic carbocycles. The first kappa shape index (κ1) is 12.1. The zero-order chi connectivity index (χ0) is 13.0. The van der Waals surface area contributed by atoms with Crippen LogP contribution in [0.5, 0.6) is 11.5 Å². The highest BCUT2D eigenvalue weighted by Gasteiger charge is 2.05. The fourth-order valence-electron chi connectivity index (χ4n) is 1.48. The lowest BCUT2D eigenvalue weighted by Crippen LogP contribution is -1.89. The van der Waals surface area contributed by atoms with Crippen molar-refractivity contribution < 1.29 is 14.8 Å². The van der Waals surface area contributed by atoms with E-state index < -0.39 is 4.92 Å². The smallest absolute Gasteiger partial charge is 0.269 e. The van der Waals surface area contributed by atoms with E-state index in [0.29, 0.717) is 11.5 Å². The third kappa shape index (κ3) is 2.83. The molecular weight excluding hydrogens is 234 g/mol. The predicted octanol–water partition coefficient (Wildman–Crippen LogP) is 2.88. The first-order valence-electron chi connectivity index (χ1n) is 5.31. The summed E-state index contributed by atoms with van der Waals surface area (Å²) >= 11 is 0. The Bertz CT molecular complexity index is 551. The van der Waals surface area contributed by atoms with Crippen LogP contribution in [0.3, 0.4) is 0 Å². The second-order valence-electron chi connectivity index (χ2n) is 3.66. The van der Waals surface area contributed by atoms with Gasteiger partial charge in [0, 0.05) is 12.1 Å². The summed E-state index contributed by atoms with van der Waals surface area (Å²) < 4.78 is 5.52. The molecule has 1 N–H and O–H groups in total. The van der Waals surface area contributed by atoms with Crippen molar-refractivity contribution in [2.45, 2.75) is 6.61 Å². The Hall–Kier alpha value is -2.40. The Labute approximate surface area is 103 Å². The van der Waals surface area contributed by atoms with E-state index in [9.17, 15) is 10.1 Å². The van der Waals surface area contributed by atoms with Gasteiger partial charge >= 0.3 is 0 Å². The quantitative estimate of drug-likeness (QED) is 0.664. The van der Waals surface area contributed by atoms with Gasteiger partial charge in [-0.25, -0.2) is 0 Å². The van der Waals surface area contributed by atoms with Gasteiger partial charge in [0.15, 0.2) is 0 Å². The molecule has 0 amide bonds. The van der Waals surface area contributed by atoms with Gasteiger partial charge in [0.2, 0.25) is 0 Å². The van der Waals surface area contributed by atoms with E-state index in [4.69, 9.17) is 9.84 Å². The number of nitro benzene ring substituents is 1. The molecule has 0 fully saturated rings. The highest BCUT2D eigenvalue weighted by molar-refractivity contribution is 5.39. The molecule has 18 heavy (non-hydrogen) atoms. The molecule has 2 rings (SSSR count). The van der Waals surface area contributed by atoms with Crippen LogP contribution in [-0.4, -0.2) is 10.0 Å². The molecule has 0 saturated carbocycles. The van der Waals surface area contributed by atoms with Gasteiger partial charge in [-0.05, 0) is 29.8 Å². The number of rotatable bonds is 4. The molecule has 2 aromatic rings. The van der Waals surface area contributed by atoms with E-state index in [2.05, 4.69) is 0 Å². The molecule has 0 spiro atoms. The molecule has 0 unspecified atom stereocenters. The van der Waals surface area contributed by atoms with Crippen LogP contribution in [0.25, 0.3) is 0 Å². The Morgan fingerprint density at radius 3 is 2.44 bits per heavy atom. The minimum absolute atomic E-state index is 0.0199. The average molecular weight is 245 g/mol.